The van der Waals surface area contributed by atoms with Crippen molar-refractivity contribution in [3.8, 4) is 0 Å². The van der Waals surface area contributed by atoms with Crippen LogP contribution in [-0.4, -0.2) is 32.0 Å². The third kappa shape index (κ3) is 5.28. The summed E-state index contributed by atoms with van der Waals surface area (Å²) in [6, 6.07) is 11.7. The van der Waals surface area contributed by atoms with Gasteiger partial charge in [0, 0.05) is 22.7 Å². The topological polar surface area (TPSA) is 118 Å². The Balaban J connectivity index is 1.91. The van der Waals surface area contributed by atoms with Crippen LogP contribution < -0.4 is 10.0 Å². The van der Waals surface area contributed by atoms with Crippen LogP contribution in [0, 0.1) is 10.1 Å². The number of anilines is 1. The number of sulfonamides is 1. The predicted octanol–water partition coefficient (Wildman–Crippen LogP) is 2.23. The molecule has 0 bridgehead atoms. The van der Waals surface area contributed by atoms with Crippen LogP contribution in [0.3, 0.4) is 0 Å². The molecule has 0 heterocycles. The summed E-state index contributed by atoms with van der Waals surface area (Å²) in [6.45, 7) is 0. The second kappa shape index (κ2) is 8.10. The summed E-state index contributed by atoms with van der Waals surface area (Å²) >= 11 is 1.24. The first kappa shape index (κ1) is 18.9. The van der Waals surface area contributed by atoms with E-state index in [2.05, 4.69) is 10.0 Å². The van der Waals surface area contributed by atoms with E-state index in [1.165, 1.54) is 55.2 Å². The summed E-state index contributed by atoms with van der Waals surface area (Å²) in [6.07, 6.45) is 0. The van der Waals surface area contributed by atoms with Gasteiger partial charge in [0.1, 0.15) is 0 Å². The first-order chi connectivity index (χ1) is 11.8. The van der Waals surface area contributed by atoms with Gasteiger partial charge in [0.25, 0.3) is 5.69 Å². The number of hydrogen-bond donors (Lipinski definition) is 2. The summed E-state index contributed by atoms with van der Waals surface area (Å²) in [4.78, 5) is 22.9. The molecule has 0 aliphatic rings. The highest BCUT2D eigenvalue weighted by Gasteiger charge is 2.11. The van der Waals surface area contributed by atoms with Crippen LogP contribution in [0.5, 0.6) is 0 Å². The number of nitrogens with zero attached hydrogens (tertiary/aromatic N) is 1. The van der Waals surface area contributed by atoms with E-state index >= 15 is 0 Å². The van der Waals surface area contributed by atoms with E-state index in [1.807, 2.05) is 0 Å². The Morgan fingerprint density at radius 2 is 1.72 bits per heavy atom. The summed E-state index contributed by atoms with van der Waals surface area (Å²) in [5.74, 6) is -0.151. The smallest absolute Gasteiger partial charge is 0.269 e. The fourth-order valence-corrected chi connectivity index (χ4v) is 3.27. The molecule has 0 unspecified atom stereocenters. The Hall–Kier alpha value is -2.43. The molecule has 25 heavy (non-hydrogen) atoms. The van der Waals surface area contributed by atoms with Crippen molar-refractivity contribution in [3.63, 3.8) is 0 Å². The van der Waals surface area contributed by atoms with Crippen LogP contribution >= 0.6 is 11.8 Å². The Kier molecular flexibility index (Phi) is 6.12. The number of non-ortho nitro benzene ring substituents is 1. The molecule has 0 spiro atoms. The largest absolute Gasteiger partial charge is 0.325 e. The number of rotatable bonds is 7. The molecular formula is C15H15N3O5S2. The number of carbonyl (C=O) groups excluding carboxylic acids is 1. The predicted molar refractivity (Wildman–Crippen MR) is 95.1 cm³/mol. The van der Waals surface area contributed by atoms with Gasteiger partial charge < -0.3 is 5.32 Å². The zero-order valence-electron chi connectivity index (χ0n) is 13.1. The number of nitro benzene ring substituents is 1. The van der Waals surface area contributed by atoms with Crippen molar-refractivity contribution < 1.29 is 18.1 Å². The lowest BCUT2D eigenvalue weighted by Gasteiger charge is -2.07. The van der Waals surface area contributed by atoms with Crippen LogP contribution in [0.1, 0.15) is 0 Å². The fourth-order valence-electron chi connectivity index (χ4n) is 1.85. The van der Waals surface area contributed by atoms with Crippen LogP contribution in [0.4, 0.5) is 11.4 Å². The number of carbonyl (C=O) groups is 1. The number of nitro groups is 1. The molecule has 0 fully saturated rings. The van der Waals surface area contributed by atoms with Gasteiger partial charge in [-0.1, -0.05) is 0 Å². The minimum absolute atomic E-state index is 0.00888. The first-order valence-electron chi connectivity index (χ1n) is 7.02. The standard InChI is InChI=1S/C15H15N3O5S2/c1-16-25(22,23)14-8-2-11(3-9-14)17-15(19)10-24-13-6-4-12(5-7-13)18(20)21/h2-9,16H,10H2,1H3,(H,17,19). The maximum atomic E-state index is 11.9. The van der Waals surface area contributed by atoms with Crippen LogP contribution in [0.15, 0.2) is 58.3 Å². The van der Waals surface area contributed by atoms with Crippen molar-refractivity contribution in [2.75, 3.05) is 18.1 Å². The Labute approximate surface area is 148 Å². The normalized spacial score (nSPS) is 11.1. The average molecular weight is 381 g/mol. The molecule has 0 saturated heterocycles. The SMILES string of the molecule is CNS(=O)(=O)c1ccc(NC(=O)CSc2ccc([N+](=O)[O-])cc2)cc1. The Morgan fingerprint density at radius 3 is 2.24 bits per heavy atom. The van der Waals surface area contributed by atoms with Gasteiger partial charge in [0.05, 0.1) is 15.6 Å². The molecule has 2 N–H and O–H groups in total. The highest BCUT2D eigenvalue weighted by molar-refractivity contribution is 8.00. The molecule has 0 aliphatic carbocycles. The van der Waals surface area contributed by atoms with E-state index < -0.39 is 14.9 Å². The second-order valence-electron chi connectivity index (χ2n) is 4.82. The van der Waals surface area contributed by atoms with Crippen LogP contribution in [-0.2, 0) is 14.8 Å². The van der Waals surface area contributed by atoms with Gasteiger partial charge in [-0.05, 0) is 43.4 Å². The molecule has 8 nitrogen and oxygen atoms in total. The second-order valence-corrected chi connectivity index (χ2v) is 7.76. The van der Waals surface area contributed by atoms with E-state index in [4.69, 9.17) is 0 Å². The molecule has 2 aromatic carbocycles. The van der Waals surface area contributed by atoms with Gasteiger partial charge in [-0.25, -0.2) is 13.1 Å². The molecule has 1 amide bonds. The molecule has 132 valence electrons. The molecule has 2 aromatic rings. The highest BCUT2D eigenvalue weighted by atomic mass is 32.2. The van der Waals surface area contributed by atoms with Gasteiger partial charge in [0.15, 0.2) is 0 Å². The van der Waals surface area contributed by atoms with Gasteiger partial charge in [-0.3, -0.25) is 14.9 Å². The molecule has 10 heteroatoms. The summed E-state index contributed by atoms with van der Waals surface area (Å²) in [5, 5.41) is 13.2. The maximum Gasteiger partial charge on any atom is 0.269 e. The van der Waals surface area contributed by atoms with E-state index in [0.717, 1.165) is 4.90 Å². The molecule has 2 rings (SSSR count). The highest BCUT2D eigenvalue weighted by Crippen LogP contribution is 2.21. The monoisotopic (exact) mass is 381 g/mol. The summed E-state index contributed by atoms with van der Waals surface area (Å²) in [5.41, 5.74) is 0.467. The summed E-state index contributed by atoms with van der Waals surface area (Å²) < 4.78 is 25.4. The third-order valence-electron chi connectivity index (χ3n) is 3.13. The van der Waals surface area contributed by atoms with Gasteiger partial charge in [-0.15, -0.1) is 11.8 Å². The molecule has 0 atom stereocenters. The average Bonchev–Trinajstić information content (AvgIpc) is 2.61. The van der Waals surface area contributed by atoms with Crippen molar-refractivity contribution in [2.24, 2.45) is 0 Å². The maximum absolute atomic E-state index is 11.9. The van der Waals surface area contributed by atoms with Gasteiger partial charge >= 0.3 is 0 Å². The molecular weight excluding hydrogens is 366 g/mol. The first-order valence-corrected chi connectivity index (χ1v) is 9.49. The third-order valence-corrected chi connectivity index (χ3v) is 5.58. The number of hydrogen-bond acceptors (Lipinski definition) is 6. The quantitative estimate of drug-likeness (QED) is 0.431. The lowest BCUT2D eigenvalue weighted by molar-refractivity contribution is -0.384. The molecule has 0 aromatic heterocycles. The molecule has 0 saturated carbocycles. The van der Waals surface area contributed by atoms with E-state index in [0.29, 0.717) is 5.69 Å². The van der Waals surface area contributed by atoms with Crippen molar-refractivity contribution >= 4 is 39.1 Å². The Bertz CT molecular complexity index is 865. The van der Waals surface area contributed by atoms with E-state index in [9.17, 15) is 23.3 Å². The molecule has 0 radical (unpaired) electrons. The lowest BCUT2D eigenvalue weighted by Crippen LogP contribution is -2.18. The van der Waals surface area contributed by atoms with Crippen LogP contribution in [0.2, 0.25) is 0 Å². The van der Waals surface area contributed by atoms with Crippen molar-refractivity contribution in [3.05, 3.63) is 58.6 Å². The minimum atomic E-state index is -3.51. The van der Waals surface area contributed by atoms with E-state index in [1.54, 1.807) is 12.1 Å². The van der Waals surface area contributed by atoms with E-state index in [-0.39, 0.29) is 22.2 Å². The van der Waals surface area contributed by atoms with Gasteiger partial charge in [0.2, 0.25) is 15.9 Å². The number of amides is 1. The van der Waals surface area contributed by atoms with Gasteiger partial charge in [-0.2, -0.15) is 0 Å². The fraction of sp³-hybridized carbons (Fsp3) is 0.133. The lowest BCUT2D eigenvalue weighted by atomic mass is 10.3. The molecule has 0 aliphatic heterocycles. The minimum Gasteiger partial charge on any atom is -0.325 e. The number of benzene rings is 2. The number of thioether (sulfide) groups is 1. The van der Waals surface area contributed by atoms with Crippen molar-refractivity contribution in [2.45, 2.75) is 9.79 Å². The van der Waals surface area contributed by atoms with Crippen molar-refractivity contribution in [1.82, 2.24) is 4.72 Å². The van der Waals surface area contributed by atoms with Crippen molar-refractivity contribution in [1.29, 1.82) is 0 Å². The summed E-state index contributed by atoms with van der Waals surface area (Å²) in [7, 11) is -2.19. The Morgan fingerprint density at radius 1 is 1.12 bits per heavy atom. The zero-order chi connectivity index (χ0) is 18.4. The number of nitrogens with one attached hydrogen (secondary N) is 2. The van der Waals surface area contributed by atoms with Crippen LogP contribution in [0.25, 0.3) is 0 Å². The zero-order valence-corrected chi connectivity index (χ0v) is 14.8.